The van der Waals surface area contributed by atoms with Gasteiger partial charge in [-0.05, 0) is 30.3 Å². The molecule has 2 amide bonds. The molecule has 0 saturated carbocycles. The lowest BCUT2D eigenvalue weighted by Gasteiger charge is -2.19. The lowest BCUT2D eigenvalue weighted by molar-refractivity contribution is -0.114. The van der Waals surface area contributed by atoms with Gasteiger partial charge in [0.1, 0.15) is 9.94 Å². The Kier molecular flexibility index (Phi) is 5.06. The van der Waals surface area contributed by atoms with E-state index >= 15 is 0 Å². The van der Waals surface area contributed by atoms with Crippen LogP contribution in [0.3, 0.4) is 0 Å². The molecule has 0 fully saturated rings. The second-order valence-corrected chi connectivity index (χ2v) is 7.02. The quantitative estimate of drug-likeness (QED) is 0.689. The molecule has 2 aromatic carbocycles. The molecule has 0 aromatic heterocycles. The van der Waals surface area contributed by atoms with E-state index in [1.54, 1.807) is 18.2 Å². The first kappa shape index (κ1) is 17.2. The molecule has 1 aliphatic heterocycles. The lowest BCUT2D eigenvalue weighted by atomic mass is 10.3. The van der Waals surface area contributed by atoms with Crippen LogP contribution < -0.4 is 10.6 Å². The van der Waals surface area contributed by atoms with Crippen LogP contribution in [0.25, 0.3) is 0 Å². The topological polar surface area (TPSA) is 58.2 Å². The van der Waals surface area contributed by atoms with Crippen LogP contribution >= 0.6 is 46.6 Å². The Labute approximate surface area is 157 Å². The summed E-state index contributed by atoms with van der Waals surface area (Å²) in [5, 5.41) is 5.77. The number of benzene rings is 2. The summed E-state index contributed by atoms with van der Waals surface area (Å²) >= 11 is 19.0. The van der Waals surface area contributed by atoms with E-state index in [1.165, 1.54) is 6.07 Å². The minimum atomic E-state index is -0.605. The van der Waals surface area contributed by atoms with Crippen molar-refractivity contribution in [3.05, 3.63) is 62.4 Å². The van der Waals surface area contributed by atoms with E-state index < -0.39 is 11.8 Å². The van der Waals surface area contributed by atoms with Crippen molar-refractivity contribution in [1.29, 1.82) is 0 Å². The molecule has 0 bridgehead atoms. The third kappa shape index (κ3) is 3.54. The average Bonchev–Trinajstić information content (AvgIpc) is 2.57. The van der Waals surface area contributed by atoms with E-state index in [2.05, 4.69) is 10.6 Å². The van der Waals surface area contributed by atoms with Gasteiger partial charge in [-0.15, -0.1) is 0 Å². The summed E-state index contributed by atoms with van der Waals surface area (Å²) in [5.41, 5.74) is 1.11. The molecule has 0 spiro atoms. The monoisotopic (exact) mass is 398 g/mol. The zero-order valence-electron chi connectivity index (χ0n) is 11.9. The van der Waals surface area contributed by atoms with Crippen molar-refractivity contribution < 1.29 is 9.59 Å². The Morgan fingerprint density at radius 1 is 1.08 bits per heavy atom. The van der Waals surface area contributed by atoms with Crippen LogP contribution in [0.5, 0.6) is 0 Å². The number of thioether (sulfide) groups is 1. The predicted molar refractivity (Wildman–Crippen MR) is 98.9 cm³/mol. The standard InChI is InChI=1S/C16H9Cl3N2O2S/c17-9-6-5-8(7-10(9)18)20-15(22)13(19)14-16(23)21-11-3-1-2-4-12(11)24-14/h1-7H,(H,20,22)(H,21,23)/b14-13-. The molecular formula is C16H9Cl3N2O2S. The van der Waals surface area contributed by atoms with Gasteiger partial charge < -0.3 is 10.6 Å². The maximum Gasteiger partial charge on any atom is 0.268 e. The normalized spacial score (nSPS) is 15.4. The number of rotatable bonds is 2. The minimum Gasteiger partial charge on any atom is -0.321 e. The molecule has 0 aliphatic carbocycles. The maximum atomic E-state index is 12.3. The average molecular weight is 400 g/mol. The van der Waals surface area contributed by atoms with Gasteiger partial charge in [-0.2, -0.15) is 0 Å². The highest BCUT2D eigenvalue weighted by molar-refractivity contribution is 8.04. The van der Waals surface area contributed by atoms with Gasteiger partial charge >= 0.3 is 0 Å². The number of nitrogens with one attached hydrogen (secondary N) is 2. The first-order valence-corrected chi connectivity index (χ1v) is 8.65. The van der Waals surface area contributed by atoms with Crippen molar-refractivity contribution in [3.8, 4) is 0 Å². The Balaban J connectivity index is 1.85. The van der Waals surface area contributed by atoms with E-state index in [9.17, 15) is 9.59 Å². The Morgan fingerprint density at radius 2 is 1.83 bits per heavy atom. The zero-order chi connectivity index (χ0) is 17.3. The number of carbonyl (C=O) groups is 2. The molecule has 2 N–H and O–H groups in total. The summed E-state index contributed by atoms with van der Waals surface area (Å²) in [6.07, 6.45) is 0. The number of halogens is 3. The van der Waals surface area contributed by atoms with Crippen LogP contribution in [-0.4, -0.2) is 11.8 Å². The third-order valence-corrected chi connectivity index (χ3v) is 5.51. The first-order valence-electron chi connectivity index (χ1n) is 6.70. The largest absolute Gasteiger partial charge is 0.321 e. The fourth-order valence-electron chi connectivity index (χ4n) is 2.00. The molecule has 0 radical (unpaired) electrons. The lowest BCUT2D eigenvalue weighted by Crippen LogP contribution is -2.21. The molecule has 0 atom stereocenters. The number of carbonyl (C=O) groups excluding carboxylic acids is 2. The molecule has 8 heteroatoms. The van der Waals surface area contributed by atoms with Crippen LogP contribution in [0, 0.1) is 0 Å². The van der Waals surface area contributed by atoms with Gasteiger partial charge in [0.25, 0.3) is 11.8 Å². The van der Waals surface area contributed by atoms with Gasteiger partial charge in [0.15, 0.2) is 0 Å². The number of hydrogen-bond acceptors (Lipinski definition) is 3. The molecule has 0 saturated heterocycles. The van der Waals surface area contributed by atoms with Crippen molar-refractivity contribution in [2.24, 2.45) is 0 Å². The zero-order valence-corrected chi connectivity index (χ0v) is 15.0. The summed E-state index contributed by atoms with van der Waals surface area (Å²) in [5.74, 6) is -1.03. The molecule has 122 valence electrons. The second kappa shape index (κ2) is 7.07. The van der Waals surface area contributed by atoms with Crippen LogP contribution in [0.4, 0.5) is 11.4 Å². The first-order chi connectivity index (χ1) is 11.5. The van der Waals surface area contributed by atoms with Gasteiger partial charge in [-0.1, -0.05) is 58.7 Å². The summed E-state index contributed by atoms with van der Waals surface area (Å²) in [4.78, 5) is 25.4. The highest BCUT2D eigenvalue weighted by Crippen LogP contribution is 2.40. The van der Waals surface area contributed by atoms with Crippen molar-refractivity contribution in [1.82, 2.24) is 0 Å². The molecule has 3 rings (SSSR count). The number of fused-ring (bicyclic) bond motifs is 1. The minimum absolute atomic E-state index is 0.132. The Bertz CT molecular complexity index is 883. The molecule has 1 heterocycles. The number of hydrogen-bond donors (Lipinski definition) is 2. The van der Waals surface area contributed by atoms with Crippen molar-refractivity contribution in [2.45, 2.75) is 4.90 Å². The predicted octanol–water partition coefficient (Wildman–Crippen LogP) is 5.13. The molecule has 4 nitrogen and oxygen atoms in total. The van der Waals surface area contributed by atoms with Gasteiger partial charge in [-0.25, -0.2) is 0 Å². The van der Waals surface area contributed by atoms with Crippen molar-refractivity contribution in [2.75, 3.05) is 10.6 Å². The van der Waals surface area contributed by atoms with Gasteiger partial charge in [0.05, 0.1) is 15.7 Å². The van der Waals surface area contributed by atoms with E-state index in [4.69, 9.17) is 34.8 Å². The Morgan fingerprint density at radius 3 is 2.58 bits per heavy atom. The summed E-state index contributed by atoms with van der Waals surface area (Å²) in [7, 11) is 0. The SMILES string of the molecule is O=C(Nc1ccc(Cl)c(Cl)c1)/C(Cl)=C1/Sc2ccccc2NC1=O. The van der Waals surface area contributed by atoms with Crippen LogP contribution in [0.15, 0.2) is 57.3 Å². The number of amides is 2. The summed E-state index contributed by atoms with van der Waals surface area (Å²) < 4.78 is 0. The van der Waals surface area contributed by atoms with Gasteiger partial charge in [0, 0.05) is 10.6 Å². The number of para-hydroxylation sites is 1. The Hall–Kier alpha value is -1.66. The summed E-state index contributed by atoms with van der Waals surface area (Å²) in [6, 6.07) is 11.9. The van der Waals surface area contributed by atoms with E-state index in [1.807, 2.05) is 18.2 Å². The fourth-order valence-corrected chi connectivity index (χ4v) is 3.47. The fraction of sp³-hybridized carbons (Fsp3) is 0. The van der Waals surface area contributed by atoms with Crippen LogP contribution in [-0.2, 0) is 9.59 Å². The third-order valence-electron chi connectivity index (χ3n) is 3.13. The van der Waals surface area contributed by atoms with Gasteiger partial charge in [-0.3, -0.25) is 9.59 Å². The molecule has 0 unspecified atom stereocenters. The molecule has 1 aliphatic rings. The van der Waals surface area contributed by atoms with E-state index in [-0.39, 0.29) is 9.94 Å². The highest BCUT2D eigenvalue weighted by atomic mass is 35.5. The molecule has 24 heavy (non-hydrogen) atoms. The maximum absolute atomic E-state index is 12.3. The van der Waals surface area contributed by atoms with Crippen LogP contribution in [0.2, 0.25) is 10.0 Å². The molecular weight excluding hydrogens is 391 g/mol. The molecule has 2 aromatic rings. The van der Waals surface area contributed by atoms with E-state index in [0.717, 1.165) is 16.7 Å². The summed E-state index contributed by atoms with van der Waals surface area (Å²) in [6.45, 7) is 0. The van der Waals surface area contributed by atoms with Crippen molar-refractivity contribution >= 4 is 69.8 Å². The van der Waals surface area contributed by atoms with Crippen LogP contribution in [0.1, 0.15) is 0 Å². The number of anilines is 2. The van der Waals surface area contributed by atoms with E-state index in [0.29, 0.717) is 21.4 Å². The second-order valence-electron chi connectivity index (χ2n) is 4.78. The van der Waals surface area contributed by atoms with Gasteiger partial charge in [0.2, 0.25) is 0 Å². The smallest absolute Gasteiger partial charge is 0.268 e. The highest BCUT2D eigenvalue weighted by Gasteiger charge is 2.26. The van der Waals surface area contributed by atoms with Crippen molar-refractivity contribution in [3.63, 3.8) is 0 Å².